The summed E-state index contributed by atoms with van der Waals surface area (Å²) in [6.07, 6.45) is 22.6. The van der Waals surface area contributed by atoms with E-state index in [1.807, 2.05) is 0 Å². The van der Waals surface area contributed by atoms with E-state index < -0.39 is 0 Å². The number of nitrogens with zero attached hydrogens (tertiary/aromatic N) is 2. The summed E-state index contributed by atoms with van der Waals surface area (Å²) in [7, 11) is 9.42. The Kier molecular flexibility index (Phi) is 28.2. The summed E-state index contributed by atoms with van der Waals surface area (Å²) >= 11 is 0. The molecule has 0 N–H and O–H groups in total. The van der Waals surface area contributed by atoms with Gasteiger partial charge in [-0.3, -0.25) is 0 Å². The maximum Gasteiger partial charge on any atom is 0.104 e. The van der Waals surface area contributed by atoms with E-state index in [9.17, 15) is 0 Å². The van der Waals surface area contributed by atoms with Crippen LogP contribution in [0.4, 0.5) is 0 Å². The highest BCUT2D eigenvalue weighted by molar-refractivity contribution is 5.14. The maximum absolute atomic E-state index is 2.36. The fourth-order valence-electron chi connectivity index (χ4n) is 5.66. The minimum atomic E-state index is 0. The van der Waals surface area contributed by atoms with Crippen molar-refractivity contribution in [3.8, 4) is 0 Å². The number of benzene rings is 2. The summed E-state index contributed by atoms with van der Waals surface area (Å²) in [5, 5.41) is 0. The van der Waals surface area contributed by atoms with Crippen molar-refractivity contribution >= 4 is 0 Å². The lowest BCUT2D eigenvalue weighted by Gasteiger charge is -2.30. The monoisotopic (exact) mass is 622 g/mol. The number of halogens is 2. The summed E-state index contributed by atoms with van der Waals surface area (Å²) in [5.74, 6) is 0. The van der Waals surface area contributed by atoms with Crippen molar-refractivity contribution in [2.75, 3.05) is 41.3 Å². The normalized spacial score (nSPS) is 11.2. The highest BCUT2D eigenvalue weighted by Gasteiger charge is 2.15. The van der Waals surface area contributed by atoms with Crippen LogP contribution in [-0.2, 0) is 13.1 Å². The number of rotatable bonds is 22. The van der Waals surface area contributed by atoms with Crippen LogP contribution >= 0.6 is 0 Å². The Labute approximate surface area is 275 Å². The molecule has 0 fully saturated rings. The van der Waals surface area contributed by atoms with Crippen molar-refractivity contribution in [1.82, 2.24) is 0 Å². The molecule has 0 aliphatic heterocycles. The van der Waals surface area contributed by atoms with Gasteiger partial charge in [-0.2, -0.15) is 0 Å². The lowest BCUT2D eigenvalue weighted by Crippen LogP contribution is -3.00. The summed E-state index contributed by atoms with van der Waals surface area (Å²) in [6, 6.07) is 21.8. The molecule has 244 valence electrons. The third kappa shape index (κ3) is 25.4. The molecule has 2 aromatic rings. The van der Waals surface area contributed by atoms with Crippen molar-refractivity contribution in [2.24, 2.45) is 0 Å². The molecule has 0 saturated carbocycles. The highest BCUT2D eigenvalue weighted by atomic mass is 35.5. The molecular weight excluding hydrogens is 555 g/mol. The van der Waals surface area contributed by atoms with Gasteiger partial charge in [0.2, 0.25) is 0 Å². The third-order valence-electron chi connectivity index (χ3n) is 8.14. The van der Waals surface area contributed by atoms with E-state index in [0.29, 0.717) is 0 Å². The van der Waals surface area contributed by atoms with Gasteiger partial charge in [-0.25, -0.2) is 0 Å². The molecule has 0 atom stereocenters. The smallest absolute Gasteiger partial charge is 0.104 e. The van der Waals surface area contributed by atoms with E-state index in [1.165, 1.54) is 127 Å². The van der Waals surface area contributed by atoms with Crippen molar-refractivity contribution in [1.29, 1.82) is 0 Å². The van der Waals surface area contributed by atoms with Crippen LogP contribution in [0.25, 0.3) is 0 Å². The van der Waals surface area contributed by atoms with E-state index in [-0.39, 0.29) is 24.8 Å². The van der Waals surface area contributed by atoms with Crippen molar-refractivity contribution in [3.63, 3.8) is 0 Å². The van der Waals surface area contributed by atoms with E-state index in [2.05, 4.69) is 103 Å². The van der Waals surface area contributed by atoms with Crippen LogP contribution in [0.5, 0.6) is 0 Å². The molecule has 0 aliphatic rings. The third-order valence-corrected chi connectivity index (χ3v) is 8.14. The largest absolute Gasteiger partial charge is 1.00 e. The van der Waals surface area contributed by atoms with Crippen LogP contribution in [-0.4, -0.2) is 50.2 Å². The predicted octanol–water partition coefficient (Wildman–Crippen LogP) is 4.82. The Balaban J connectivity index is 0. The van der Waals surface area contributed by atoms with Crippen molar-refractivity contribution in [2.45, 2.75) is 130 Å². The molecule has 0 spiro atoms. The van der Waals surface area contributed by atoms with Gasteiger partial charge in [0.15, 0.2) is 0 Å². The molecule has 2 aromatic carbocycles. The Morgan fingerprint density at radius 3 is 0.929 bits per heavy atom. The average molecular weight is 624 g/mol. The molecule has 0 heterocycles. The van der Waals surface area contributed by atoms with Gasteiger partial charge in [-0.1, -0.05) is 152 Å². The summed E-state index contributed by atoms with van der Waals surface area (Å²) < 4.78 is 2.22. The number of quaternary nitrogens is 2. The molecule has 2 rings (SSSR count). The summed E-state index contributed by atoms with van der Waals surface area (Å²) in [6.45, 7) is 9.46. The van der Waals surface area contributed by atoms with Gasteiger partial charge in [-0.15, -0.1) is 0 Å². The summed E-state index contributed by atoms with van der Waals surface area (Å²) in [5.41, 5.74) is 2.91. The zero-order chi connectivity index (χ0) is 29.4. The highest BCUT2D eigenvalue weighted by Crippen LogP contribution is 2.15. The van der Waals surface area contributed by atoms with Gasteiger partial charge in [-0.05, 0) is 25.7 Å². The molecule has 42 heavy (non-hydrogen) atoms. The second-order valence-corrected chi connectivity index (χ2v) is 13.6. The van der Waals surface area contributed by atoms with E-state index in [1.54, 1.807) is 0 Å². The fraction of sp³-hybridized carbons (Fsp3) is 0.684. The van der Waals surface area contributed by atoms with E-state index >= 15 is 0 Å². The lowest BCUT2D eigenvalue weighted by molar-refractivity contribution is -0.903. The first-order valence-corrected chi connectivity index (χ1v) is 17.0. The van der Waals surface area contributed by atoms with Gasteiger partial charge in [0.25, 0.3) is 0 Å². The molecule has 0 unspecified atom stereocenters. The maximum atomic E-state index is 2.36. The minimum Gasteiger partial charge on any atom is -1.00 e. The van der Waals surface area contributed by atoms with Crippen LogP contribution in [0.3, 0.4) is 0 Å². The Morgan fingerprint density at radius 1 is 0.381 bits per heavy atom. The molecule has 0 saturated heterocycles. The van der Waals surface area contributed by atoms with Gasteiger partial charge < -0.3 is 33.8 Å². The van der Waals surface area contributed by atoms with Gasteiger partial charge >= 0.3 is 0 Å². The Hall–Kier alpha value is -1.06. The standard InChI is InChI=1S/2C19H34N.2ClH/c2*1-4-5-6-7-8-9-10-14-17-20(2,3)18-19-15-12-11-13-16-19;;/h2*11-13,15-16H,4-10,14,17-18H2,1-3H3;2*1H/q2*+1;;/p-2. The Bertz CT molecular complexity index is 739. The molecule has 0 amide bonds. The van der Waals surface area contributed by atoms with Gasteiger partial charge in [0.05, 0.1) is 41.3 Å². The SMILES string of the molecule is CCCCCCCCCC[N+](C)(C)Cc1ccccc1.CCCCCCCCCC[N+](C)(C)Cc1ccccc1.[Cl-].[Cl-]. The number of hydrogen-bond acceptors (Lipinski definition) is 0. The molecule has 4 heteroatoms. The molecular formula is C38H68Cl2N2. The molecule has 0 bridgehead atoms. The average Bonchev–Trinajstić information content (AvgIpc) is 2.92. The second kappa shape index (κ2) is 27.5. The van der Waals surface area contributed by atoms with E-state index in [4.69, 9.17) is 0 Å². The number of hydrogen-bond donors (Lipinski definition) is 0. The van der Waals surface area contributed by atoms with E-state index in [0.717, 1.165) is 22.1 Å². The molecule has 0 radical (unpaired) electrons. The second-order valence-electron chi connectivity index (χ2n) is 13.6. The number of unbranched alkanes of at least 4 members (excludes halogenated alkanes) is 14. The van der Waals surface area contributed by atoms with Gasteiger partial charge in [0, 0.05) is 11.1 Å². The fourth-order valence-corrected chi connectivity index (χ4v) is 5.66. The van der Waals surface area contributed by atoms with Crippen molar-refractivity contribution in [3.05, 3.63) is 71.8 Å². The van der Waals surface area contributed by atoms with Crippen LogP contribution in [0.1, 0.15) is 128 Å². The molecule has 2 nitrogen and oxygen atoms in total. The molecule has 0 aromatic heterocycles. The van der Waals surface area contributed by atoms with Crippen LogP contribution in [0, 0.1) is 0 Å². The first-order valence-electron chi connectivity index (χ1n) is 17.0. The summed E-state index contributed by atoms with van der Waals surface area (Å²) in [4.78, 5) is 0. The first-order chi connectivity index (χ1) is 19.3. The minimum absolute atomic E-state index is 0. The Morgan fingerprint density at radius 2 is 0.643 bits per heavy atom. The quantitative estimate of drug-likeness (QED) is 0.131. The van der Waals surface area contributed by atoms with Crippen LogP contribution < -0.4 is 24.8 Å². The zero-order valence-electron chi connectivity index (χ0n) is 28.6. The first kappa shape index (κ1) is 43.1. The lowest BCUT2D eigenvalue weighted by atomic mass is 10.1. The van der Waals surface area contributed by atoms with Crippen LogP contribution in [0.15, 0.2) is 60.7 Å². The van der Waals surface area contributed by atoms with Crippen LogP contribution in [0.2, 0.25) is 0 Å². The predicted molar refractivity (Wildman–Crippen MR) is 179 cm³/mol. The topological polar surface area (TPSA) is 0 Å². The zero-order valence-corrected chi connectivity index (χ0v) is 30.1. The molecule has 0 aliphatic carbocycles. The van der Waals surface area contributed by atoms with Gasteiger partial charge in [0.1, 0.15) is 13.1 Å². The van der Waals surface area contributed by atoms with Crippen molar-refractivity contribution < 1.29 is 33.8 Å².